The molecular formula is C18H17Cl2FN2O2. The summed E-state index contributed by atoms with van der Waals surface area (Å²) in [5.41, 5.74) is 0.566. The second-order valence-corrected chi connectivity index (χ2v) is 6.25. The van der Waals surface area contributed by atoms with Crippen LogP contribution in [0.3, 0.4) is 0 Å². The Balaban J connectivity index is 2.11. The monoisotopic (exact) mass is 382 g/mol. The zero-order valence-corrected chi connectivity index (χ0v) is 15.1. The van der Waals surface area contributed by atoms with Crippen LogP contribution < -0.4 is 5.32 Å². The van der Waals surface area contributed by atoms with Gasteiger partial charge in [0.1, 0.15) is 12.4 Å². The van der Waals surface area contributed by atoms with Crippen molar-refractivity contribution in [3.05, 3.63) is 63.9 Å². The number of carbonyl (C=O) groups excluding carboxylic acids is 2. The van der Waals surface area contributed by atoms with Crippen molar-refractivity contribution in [2.45, 2.75) is 13.3 Å². The number of amides is 2. The quantitative estimate of drug-likeness (QED) is 0.791. The zero-order valence-electron chi connectivity index (χ0n) is 13.6. The Morgan fingerprint density at radius 3 is 2.60 bits per heavy atom. The molecule has 0 aromatic heterocycles. The third-order valence-electron chi connectivity index (χ3n) is 3.39. The number of nitrogens with one attached hydrogen (secondary N) is 1. The van der Waals surface area contributed by atoms with Crippen LogP contribution in [0.25, 0.3) is 0 Å². The molecule has 0 saturated heterocycles. The lowest BCUT2D eigenvalue weighted by Gasteiger charge is -2.22. The van der Waals surface area contributed by atoms with Gasteiger partial charge in [-0.15, -0.1) is 0 Å². The highest BCUT2D eigenvalue weighted by molar-refractivity contribution is 6.35. The molecular weight excluding hydrogens is 366 g/mol. The molecule has 7 heteroatoms. The molecule has 0 spiro atoms. The second-order valence-electron chi connectivity index (χ2n) is 5.41. The number of benzene rings is 2. The van der Waals surface area contributed by atoms with Gasteiger partial charge in [0, 0.05) is 17.1 Å². The molecule has 2 aromatic rings. The molecule has 0 saturated carbocycles. The van der Waals surface area contributed by atoms with E-state index in [1.165, 1.54) is 29.2 Å². The molecule has 0 radical (unpaired) electrons. The molecule has 1 N–H and O–H groups in total. The van der Waals surface area contributed by atoms with Gasteiger partial charge in [0.25, 0.3) is 5.91 Å². The molecule has 0 unspecified atom stereocenters. The van der Waals surface area contributed by atoms with E-state index in [-0.39, 0.29) is 12.1 Å². The van der Waals surface area contributed by atoms with Crippen LogP contribution in [-0.4, -0.2) is 29.8 Å². The Kier molecular flexibility index (Phi) is 6.79. The van der Waals surface area contributed by atoms with Crippen molar-refractivity contribution < 1.29 is 14.0 Å². The topological polar surface area (TPSA) is 49.4 Å². The molecule has 0 bridgehead atoms. The number of halogens is 3. The van der Waals surface area contributed by atoms with Crippen molar-refractivity contribution in [3.8, 4) is 0 Å². The Morgan fingerprint density at radius 2 is 1.92 bits per heavy atom. The van der Waals surface area contributed by atoms with Gasteiger partial charge in [-0.25, -0.2) is 4.39 Å². The Morgan fingerprint density at radius 1 is 1.16 bits per heavy atom. The molecule has 0 heterocycles. The standard InChI is InChI=1S/C18H17Cl2FN2O2/c1-2-8-23(18(25)12-4-3-5-14(21)9-12)11-17(24)22-16-10-13(19)6-7-15(16)20/h3-7,9-10H,2,8,11H2,1H3,(H,22,24). The first kappa shape index (κ1) is 19.2. The molecule has 2 amide bonds. The van der Waals surface area contributed by atoms with E-state index < -0.39 is 17.6 Å². The fourth-order valence-electron chi connectivity index (χ4n) is 2.28. The molecule has 2 aromatic carbocycles. The lowest BCUT2D eigenvalue weighted by molar-refractivity contribution is -0.116. The minimum atomic E-state index is -0.502. The maximum absolute atomic E-state index is 13.3. The fourth-order valence-corrected chi connectivity index (χ4v) is 2.62. The van der Waals surface area contributed by atoms with Crippen LogP contribution >= 0.6 is 23.2 Å². The number of hydrogen-bond acceptors (Lipinski definition) is 2. The summed E-state index contributed by atoms with van der Waals surface area (Å²) in [5, 5.41) is 3.41. The smallest absolute Gasteiger partial charge is 0.254 e. The first-order chi connectivity index (χ1) is 11.9. The number of nitrogens with zero attached hydrogens (tertiary/aromatic N) is 1. The fraction of sp³-hybridized carbons (Fsp3) is 0.222. The highest BCUT2D eigenvalue weighted by Crippen LogP contribution is 2.25. The van der Waals surface area contributed by atoms with Crippen LogP contribution in [0.5, 0.6) is 0 Å². The molecule has 2 rings (SSSR count). The van der Waals surface area contributed by atoms with E-state index >= 15 is 0 Å². The highest BCUT2D eigenvalue weighted by atomic mass is 35.5. The number of rotatable bonds is 6. The first-order valence-electron chi connectivity index (χ1n) is 7.70. The Hall–Kier alpha value is -2.11. The third-order valence-corrected chi connectivity index (χ3v) is 3.95. The summed E-state index contributed by atoms with van der Waals surface area (Å²) in [5.74, 6) is -1.33. The van der Waals surface area contributed by atoms with Crippen molar-refractivity contribution >= 4 is 40.7 Å². The van der Waals surface area contributed by atoms with Gasteiger partial charge in [0.05, 0.1) is 10.7 Å². The number of hydrogen-bond donors (Lipinski definition) is 1. The van der Waals surface area contributed by atoms with Gasteiger partial charge in [0.15, 0.2) is 0 Å². The predicted molar refractivity (Wildman–Crippen MR) is 97.7 cm³/mol. The molecule has 25 heavy (non-hydrogen) atoms. The maximum Gasteiger partial charge on any atom is 0.254 e. The Bertz CT molecular complexity index is 783. The summed E-state index contributed by atoms with van der Waals surface area (Å²) in [7, 11) is 0. The summed E-state index contributed by atoms with van der Waals surface area (Å²) in [4.78, 5) is 26.2. The molecule has 132 valence electrons. The molecule has 0 aliphatic carbocycles. The summed E-state index contributed by atoms with van der Waals surface area (Å²) in [6, 6.07) is 10.1. The van der Waals surface area contributed by atoms with E-state index in [9.17, 15) is 14.0 Å². The van der Waals surface area contributed by atoms with Gasteiger partial charge in [-0.05, 0) is 42.8 Å². The summed E-state index contributed by atoms with van der Waals surface area (Å²) in [6.07, 6.45) is 0.659. The summed E-state index contributed by atoms with van der Waals surface area (Å²) < 4.78 is 13.3. The van der Waals surface area contributed by atoms with Gasteiger partial charge in [-0.3, -0.25) is 9.59 Å². The minimum absolute atomic E-state index is 0.175. The van der Waals surface area contributed by atoms with Crippen LogP contribution in [0, 0.1) is 5.82 Å². The average molecular weight is 383 g/mol. The van der Waals surface area contributed by atoms with Crippen molar-refractivity contribution in [1.82, 2.24) is 4.90 Å². The van der Waals surface area contributed by atoms with Crippen LogP contribution in [0.1, 0.15) is 23.7 Å². The van der Waals surface area contributed by atoms with Crippen molar-refractivity contribution in [3.63, 3.8) is 0 Å². The lowest BCUT2D eigenvalue weighted by atomic mass is 10.2. The summed E-state index contributed by atoms with van der Waals surface area (Å²) >= 11 is 11.9. The van der Waals surface area contributed by atoms with Crippen molar-refractivity contribution in [1.29, 1.82) is 0 Å². The van der Waals surface area contributed by atoms with Gasteiger partial charge >= 0.3 is 0 Å². The zero-order chi connectivity index (χ0) is 18.4. The molecule has 0 aliphatic rings. The number of carbonyl (C=O) groups is 2. The average Bonchev–Trinajstić information content (AvgIpc) is 2.57. The Labute approximate surface area is 155 Å². The van der Waals surface area contributed by atoms with Gasteiger partial charge in [0.2, 0.25) is 5.91 Å². The van der Waals surface area contributed by atoms with Crippen molar-refractivity contribution in [2.75, 3.05) is 18.4 Å². The first-order valence-corrected chi connectivity index (χ1v) is 8.46. The van der Waals surface area contributed by atoms with E-state index in [0.29, 0.717) is 28.7 Å². The number of anilines is 1. The molecule has 0 atom stereocenters. The molecule has 0 aliphatic heterocycles. The van der Waals surface area contributed by atoms with E-state index in [1.807, 2.05) is 6.92 Å². The van der Waals surface area contributed by atoms with Crippen LogP contribution in [-0.2, 0) is 4.79 Å². The molecule has 0 fully saturated rings. The second kappa shape index (κ2) is 8.83. The third kappa shape index (κ3) is 5.44. The van der Waals surface area contributed by atoms with E-state index in [4.69, 9.17) is 23.2 Å². The van der Waals surface area contributed by atoms with Gasteiger partial charge < -0.3 is 10.2 Å². The normalized spacial score (nSPS) is 10.4. The SMILES string of the molecule is CCCN(CC(=O)Nc1cc(Cl)ccc1Cl)C(=O)c1cccc(F)c1. The van der Waals surface area contributed by atoms with Gasteiger partial charge in [-0.2, -0.15) is 0 Å². The largest absolute Gasteiger partial charge is 0.329 e. The van der Waals surface area contributed by atoms with Crippen molar-refractivity contribution in [2.24, 2.45) is 0 Å². The van der Waals surface area contributed by atoms with Crippen LogP contribution in [0.15, 0.2) is 42.5 Å². The van der Waals surface area contributed by atoms with Gasteiger partial charge in [-0.1, -0.05) is 36.2 Å². The van der Waals surface area contributed by atoms with Crippen LogP contribution in [0.4, 0.5) is 10.1 Å². The lowest BCUT2D eigenvalue weighted by Crippen LogP contribution is -2.38. The van der Waals surface area contributed by atoms with Crippen LogP contribution in [0.2, 0.25) is 10.0 Å². The molecule has 4 nitrogen and oxygen atoms in total. The minimum Gasteiger partial charge on any atom is -0.329 e. The maximum atomic E-state index is 13.3. The van der Waals surface area contributed by atoms with E-state index in [0.717, 1.165) is 6.07 Å². The van der Waals surface area contributed by atoms with E-state index in [1.54, 1.807) is 12.1 Å². The highest BCUT2D eigenvalue weighted by Gasteiger charge is 2.19. The van der Waals surface area contributed by atoms with E-state index in [2.05, 4.69) is 5.32 Å². The predicted octanol–water partition coefficient (Wildman–Crippen LogP) is 4.62. The summed E-state index contributed by atoms with van der Waals surface area (Å²) in [6.45, 7) is 2.08.